The lowest BCUT2D eigenvalue weighted by atomic mass is 9.91. The van der Waals surface area contributed by atoms with Crippen LogP contribution in [0.3, 0.4) is 0 Å². The van der Waals surface area contributed by atoms with Crippen LogP contribution in [0.1, 0.15) is 18.7 Å². The van der Waals surface area contributed by atoms with Crippen molar-refractivity contribution in [1.82, 2.24) is 4.98 Å². The standard InChI is InChI=1S/C15H16N2S2/c1-15(2,13-8-5-9-18-13)10-16-14-17-11-6-3-4-7-12(11)19-14/h3-9H,10H2,1-2H3,(H,16,17). The van der Waals surface area contributed by atoms with Crippen LogP contribution in [0.15, 0.2) is 41.8 Å². The van der Waals surface area contributed by atoms with Gasteiger partial charge in [-0.05, 0) is 23.6 Å². The highest BCUT2D eigenvalue weighted by atomic mass is 32.1. The van der Waals surface area contributed by atoms with Crippen LogP contribution in [0, 0.1) is 0 Å². The van der Waals surface area contributed by atoms with Gasteiger partial charge in [0.1, 0.15) is 0 Å². The Kier molecular flexibility index (Phi) is 3.29. The van der Waals surface area contributed by atoms with E-state index in [2.05, 4.69) is 59.9 Å². The largest absolute Gasteiger partial charge is 0.361 e. The van der Waals surface area contributed by atoms with Crippen LogP contribution in [0.2, 0.25) is 0 Å². The van der Waals surface area contributed by atoms with Crippen LogP contribution in [0.4, 0.5) is 5.13 Å². The molecule has 0 radical (unpaired) electrons. The number of thiazole rings is 1. The first kappa shape index (κ1) is 12.6. The van der Waals surface area contributed by atoms with Crippen LogP contribution < -0.4 is 5.32 Å². The molecule has 0 unspecified atom stereocenters. The second kappa shape index (κ2) is 4.94. The molecule has 3 aromatic rings. The molecule has 19 heavy (non-hydrogen) atoms. The van der Waals surface area contributed by atoms with Gasteiger partial charge in [0.2, 0.25) is 0 Å². The van der Waals surface area contributed by atoms with Crippen LogP contribution in [0.5, 0.6) is 0 Å². The molecule has 2 aromatic heterocycles. The van der Waals surface area contributed by atoms with Crippen molar-refractivity contribution in [2.45, 2.75) is 19.3 Å². The number of nitrogens with zero attached hydrogens (tertiary/aromatic N) is 1. The summed E-state index contributed by atoms with van der Waals surface area (Å²) in [5.74, 6) is 0. The number of benzene rings is 1. The van der Waals surface area contributed by atoms with Gasteiger partial charge in [0.15, 0.2) is 5.13 Å². The van der Waals surface area contributed by atoms with E-state index in [9.17, 15) is 0 Å². The fourth-order valence-electron chi connectivity index (χ4n) is 2.00. The van der Waals surface area contributed by atoms with E-state index in [1.807, 2.05) is 17.4 Å². The maximum absolute atomic E-state index is 4.61. The zero-order valence-electron chi connectivity index (χ0n) is 11.0. The minimum atomic E-state index is 0.131. The summed E-state index contributed by atoms with van der Waals surface area (Å²) in [4.78, 5) is 6.01. The van der Waals surface area contributed by atoms with E-state index in [1.54, 1.807) is 11.3 Å². The summed E-state index contributed by atoms with van der Waals surface area (Å²) in [6, 6.07) is 12.6. The van der Waals surface area contributed by atoms with Crippen LogP contribution in [-0.4, -0.2) is 11.5 Å². The van der Waals surface area contributed by atoms with E-state index < -0.39 is 0 Å². The normalized spacial score (nSPS) is 11.9. The first-order valence-electron chi connectivity index (χ1n) is 6.29. The summed E-state index contributed by atoms with van der Waals surface area (Å²) in [6.45, 7) is 5.42. The highest BCUT2D eigenvalue weighted by Crippen LogP contribution is 2.30. The predicted molar refractivity (Wildman–Crippen MR) is 85.5 cm³/mol. The Bertz CT molecular complexity index is 635. The molecule has 2 heterocycles. The van der Waals surface area contributed by atoms with Gasteiger partial charge in [0.25, 0.3) is 0 Å². The average molecular weight is 288 g/mol. The van der Waals surface area contributed by atoms with Gasteiger partial charge in [-0.1, -0.05) is 43.4 Å². The average Bonchev–Trinajstić information content (AvgIpc) is 3.05. The van der Waals surface area contributed by atoms with Gasteiger partial charge in [0, 0.05) is 16.8 Å². The lowest BCUT2D eigenvalue weighted by Gasteiger charge is -2.23. The number of nitrogens with one attached hydrogen (secondary N) is 1. The quantitative estimate of drug-likeness (QED) is 0.749. The summed E-state index contributed by atoms with van der Waals surface area (Å²) >= 11 is 3.53. The minimum Gasteiger partial charge on any atom is -0.361 e. The Morgan fingerprint density at radius 1 is 1.16 bits per heavy atom. The Morgan fingerprint density at radius 2 is 2.00 bits per heavy atom. The molecule has 2 nitrogen and oxygen atoms in total. The van der Waals surface area contributed by atoms with Crippen molar-refractivity contribution in [2.24, 2.45) is 0 Å². The molecular formula is C15H16N2S2. The number of rotatable bonds is 4. The third kappa shape index (κ3) is 2.65. The van der Waals surface area contributed by atoms with Gasteiger partial charge in [-0.2, -0.15) is 0 Å². The third-order valence-electron chi connectivity index (χ3n) is 3.16. The van der Waals surface area contributed by atoms with E-state index in [-0.39, 0.29) is 5.41 Å². The van der Waals surface area contributed by atoms with Crippen LogP contribution in [-0.2, 0) is 5.41 Å². The van der Waals surface area contributed by atoms with Crippen molar-refractivity contribution in [3.63, 3.8) is 0 Å². The molecule has 1 aromatic carbocycles. The van der Waals surface area contributed by atoms with Crippen molar-refractivity contribution >= 4 is 38.0 Å². The highest BCUT2D eigenvalue weighted by molar-refractivity contribution is 7.22. The summed E-state index contributed by atoms with van der Waals surface area (Å²) in [5, 5.41) is 6.62. The Morgan fingerprint density at radius 3 is 2.74 bits per heavy atom. The molecule has 1 N–H and O–H groups in total. The first-order valence-corrected chi connectivity index (χ1v) is 7.98. The first-order chi connectivity index (χ1) is 9.15. The van der Waals surface area contributed by atoms with Crippen molar-refractivity contribution < 1.29 is 0 Å². The van der Waals surface area contributed by atoms with Gasteiger partial charge < -0.3 is 5.32 Å². The maximum Gasteiger partial charge on any atom is 0.183 e. The topological polar surface area (TPSA) is 24.9 Å². The molecule has 0 bridgehead atoms. The lowest BCUT2D eigenvalue weighted by molar-refractivity contribution is 0.569. The summed E-state index contributed by atoms with van der Waals surface area (Å²) in [6.07, 6.45) is 0. The molecule has 0 aliphatic heterocycles. The molecule has 0 amide bonds. The number of para-hydroxylation sites is 1. The molecule has 4 heteroatoms. The Balaban J connectivity index is 1.75. The molecule has 0 spiro atoms. The fourth-order valence-corrected chi connectivity index (χ4v) is 3.71. The van der Waals surface area contributed by atoms with Crippen molar-refractivity contribution in [3.05, 3.63) is 46.7 Å². The second-order valence-electron chi connectivity index (χ2n) is 5.20. The number of hydrogen-bond acceptors (Lipinski definition) is 4. The van der Waals surface area contributed by atoms with Crippen LogP contribution in [0.25, 0.3) is 10.2 Å². The monoisotopic (exact) mass is 288 g/mol. The van der Waals surface area contributed by atoms with Gasteiger partial charge in [0.05, 0.1) is 10.2 Å². The van der Waals surface area contributed by atoms with E-state index in [0.29, 0.717) is 0 Å². The summed E-state index contributed by atoms with van der Waals surface area (Å²) < 4.78 is 1.24. The SMILES string of the molecule is CC(C)(CNc1nc2ccccc2s1)c1cccs1. The van der Waals surface area contributed by atoms with Gasteiger partial charge in [-0.25, -0.2) is 4.98 Å². The summed E-state index contributed by atoms with van der Waals surface area (Å²) in [5.41, 5.74) is 1.20. The fraction of sp³-hybridized carbons (Fsp3) is 0.267. The van der Waals surface area contributed by atoms with E-state index in [4.69, 9.17) is 0 Å². The van der Waals surface area contributed by atoms with Crippen molar-refractivity contribution in [3.8, 4) is 0 Å². The highest BCUT2D eigenvalue weighted by Gasteiger charge is 2.21. The Hall–Kier alpha value is -1.39. The van der Waals surface area contributed by atoms with Crippen molar-refractivity contribution in [1.29, 1.82) is 0 Å². The third-order valence-corrected chi connectivity index (χ3v) is 5.39. The van der Waals surface area contributed by atoms with E-state index in [0.717, 1.165) is 17.2 Å². The summed E-state index contributed by atoms with van der Waals surface area (Å²) in [7, 11) is 0. The minimum absolute atomic E-state index is 0.131. The number of fused-ring (bicyclic) bond motifs is 1. The smallest absolute Gasteiger partial charge is 0.183 e. The number of thiophene rings is 1. The maximum atomic E-state index is 4.61. The molecule has 0 atom stereocenters. The lowest BCUT2D eigenvalue weighted by Crippen LogP contribution is -2.26. The zero-order valence-corrected chi connectivity index (χ0v) is 12.6. The molecule has 3 rings (SSSR count). The predicted octanol–water partition coefficient (Wildman–Crippen LogP) is 4.75. The van der Waals surface area contributed by atoms with E-state index in [1.165, 1.54) is 9.58 Å². The van der Waals surface area contributed by atoms with Gasteiger partial charge >= 0.3 is 0 Å². The number of aromatic nitrogens is 1. The van der Waals surface area contributed by atoms with Gasteiger partial charge in [-0.3, -0.25) is 0 Å². The van der Waals surface area contributed by atoms with E-state index >= 15 is 0 Å². The molecule has 0 saturated heterocycles. The molecule has 0 fully saturated rings. The molecule has 0 aliphatic rings. The van der Waals surface area contributed by atoms with Crippen molar-refractivity contribution in [2.75, 3.05) is 11.9 Å². The number of hydrogen-bond donors (Lipinski definition) is 1. The zero-order chi connectivity index (χ0) is 13.3. The van der Waals surface area contributed by atoms with Crippen LogP contribution >= 0.6 is 22.7 Å². The van der Waals surface area contributed by atoms with Gasteiger partial charge in [-0.15, -0.1) is 11.3 Å². The number of anilines is 1. The molecule has 98 valence electrons. The molecular weight excluding hydrogens is 272 g/mol. The second-order valence-corrected chi connectivity index (χ2v) is 7.18. The molecule has 0 aliphatic carbocycles. The molecule has 0 saturated carbocycles. The Labute approximate surface area is 121 Å².